The lowest BCUT2D eigenvalue weighted by Gasteiger charge is -2.11. The molecule has 0 saturated heterocycles. The highest BCUT2D eigenvalue weighted by Gasteiger charge is 2.18. The molecule has 21 heavy (non-hydrogen) atoms. The van der Waals surface area contributed by atoms with E-state index in [0.717, 1.165) is 16.3 Å². The van der Waals surface area contributed by atoms with Crippen molar-refractivity contribution in [1.29, 1.82) is 0 Å². The van der Waals surface area contributed by atoms with Crippen LogP contribution in [0.1, 0.15) is 29.2 Å². The van der Waals surface area contributed by atoms with Gasteiger partial charge in [0.05, 0.1) is 5.69 Å². The highest BCUT2D eigenvalue weighted by atomic mass is 32.1. The van der Waals surface area contributed by atoms with E-state index in [1.165, 1.54) is 11.3 Å². The summed E-state index contributed by atoms with van der Waals surface area (Å²) in [6.07, 6.45) is 0.688. The fraction of sp³-hybridized carbons (Fsp3) is 0.375. The van der Waals surface area contributed by atoms with Gasteiger partial charge < -0.3 is 10.0 Å². The Morgan fingerprint density at radius 3 is 2.38 bits per heavy atom. The number of aromatic nitrogens is 1. The van der Waals surface area contributed by atoms with Gasteiger partial charge in [0.15, 0.2) is 0 Å². The van der Waals surface area contributed by atoms with Crippen molar-refractivity contribution in [2.45, 2.75) is 20.3 Å². The molecule has 1 heterocycles. The zero-order valence-corrected chi connectivity index (χ0v) is 13.6. The number of anilines is 1. The van der Waals surface area contributed by atoms with Gasteiger partial charge in [-0.25, -0.2) is 9.78 Å². The Hall–Kier alpha value is -1.88. The molecule has 0 saturated carbocycles. The first-order valence-electron chi connectivity index (χ1n) is 6.89. The minimum Gasteiger partial charge on any atom is -0.477 e. The van der Waals surface area contributed by atoms with Crippen molar-refractivity contribution in [2.24, 2.45) is 5.92 Å². The monoisotopic (exact) mass is 304 g/mol. The molecule has 4 nitrogen and oxygen atoms in total. The minimum atomic E-state index is -0.890. The first-order chi connectivity index (χ1) is 9.88. The molecule has 0 amide bonds. The number of rotatable bonds is 5. The number of carboxylic acids is 1. The molecular weight excluding hydrogens is 284 g/mol. The smallest absolute Gasteiger partial charge is 0.347 e. The van der Waals surface area contributed by atoms with E-state index in [4.69, 9.17) is 0 Å². The Bertz CT molecular complexity index is 630. The van der Waals surface area contributed by atoms with Crippen LogP contribution in [0.25, 0.3) is 10.6 Å². The maximum absolute atomic E-state index is 11.4. The van der Waals surface area contributed by atoms with Gasteiger partial charge in [0.1, 0.15) is 9.88 Å². The average molecular weight is 304 g/mol. The van der Waals surface area contributed by atoms with Gasteiger partial charge in [-0.3, -0.25) is 0 Å². The summed E-state index contributed by atoms with van der Waals surface area (Å²) in [5, 5.41) is 10.1. The molecule has 0 aliphatic carbocycles. The molecule has 0 atom stereocenters. The van der Waals surface area contributed by atoms with E-state index >= 15 is 0 Å². The van der Waals surface area contributed by atoms with Crippen LogP contribution in [0.15, 0.2) is 24.3 Å². The van der Waals surface area contributed by atoms with Crippen LogP contribution in [0.3, 0.4) is 0 Å². The number of hydrogen-bond acceptors (Lipinski definition) is 4. The molecule has 2 rings (SSSR count). The normalized spacial score (nSPS) is 10.9. The number of nitrogens with zero attached hydrogens (tertiary/aromatic N) is 2. The number of carboxylic acid groups (broad SMARTS) is 1. The number of carbonyl (C=O) groups is 1. The summed E-state index contributed by atoms with van der Waals surface area (Å²) in [4.78, 5) is 18.3. The average Bonchev–Trinajstić information content (AvgIpc) is 2.82. The van der Waals surface area contributed by atoms with Gasteiger partial charge in [-0.15, -0.1) is 11.3 Å². The van der Waals surface area contributed by atoms with Crippen molar-refractivity contribution in [3.63, 3.8) is 0 Å². The molecule has 5 heteroatoms. The van der Waals surface area contributed by atoms with Gasteiger partial charge in [0.25, 0.3) is 0 Å². The quantitative estimate of drug-likeness (QED) is 0.913. The molecule has 1 aromatic heterocycles. The van der Waals surface area contributed by atoms with Crippen molar-refractivity contribution in [3.8, 4) is 10.6 Å². The first kappa shape index (κ1) is 15.5. The Labute approximate surface area is 129 Å². The van der Waals surface area contributed by atoms with Gasteiger partial charge in [-0.05, 0) is 36.6 Å². The van der Waals surface area contributed by atoms with Crippen LogP contribution < -0.4 is 4.90 Å². The minimum absolute atomic E-state index is 0.357. The van der Waals surface area contributed by atoms with Gasteiger partial charge in [0.2, 0.25) is 0 Å². The topological polar surface area (TPSA) is 53.4 Å². The number of hydrogen-bond donors (Lipinski definition) is 1. The van der Waals surface area contributed by atoms with E-state index in [1.807, 2.05) is 43.3 Å². The third-order valence-electron chi connectivity index (χ3n) is 3.12. The van der Waals surface area contributed by atoms with Crippen LogP contribution in [0.5, 0.6) is 0 Å². The molecule has 0 aliphatic rings. The molecule has 0 unspecified atom stereocenters. The first-order valence-corrected chi connectivity index (χ1v) is 7.71. The van der Waals surface area contributed by atoms with Crippen LogP contribution >= 0.6 is 11.3 Å². The molecule has 0 fully saturated rings. The number of aromatic carboxylic acids is 1. The van der Waals surface area contributed by atoms with Crippen molar-refractivity contribution < 1.29 is 9.90 Å². The molecule has 1 aromatic carbocycles. The lowest BCUT2D eigenvalue weighted by atomic mass is 10.1. The Balaban J connectivity index is 2.37. The van der Waals surface area contributed by atoms with Crippen molar-refractivity contribution >= 4 is 23.0 Å². The maximum atomic E-state index is 11.4. The summed E-state index contributed by atoms with van der Waals surface area (Å²) < 4.78 is 0. The summed E-state index contributed by atoms with van der Waals surface area (Å²) in [7, 11) is 3.98. The molecule has 2 aromatic rings. The molecular formula is C16H20N2O2S. The fourth-order valence-corrected chi connectivity index (χ4v) is 3.01. The van der Waals surface area contributed by atoms with Gasteiger partial charge in [-0.2, -0.15) is 0 Å². The summed E-state index contributed by atoms with van der Waals surface area (Å²) in [5.74, 6) is -0.506. The Morgan fingerprint density at radius 1 is 1.29 bits per heavy atom. The second kappa shape index (κ2) is 6.26. The molecule has 1 N–H and O–H groups in total. The lowest BCUT2D eigenvalue weighted by molar-refractivity contribution is 0.0700. The zero-order valence-electron chi connectivity index (χ0n) is 12.8. The van der Waals surface area contributed by atoms with E-state index in [0.29, 0.717) is 22.9 Å². The van der Waals surface area contributed by atoms with Gasteiger partial charge in [-0.1, -0.05) is 13.8 Å². The second-order valence-corrected chi connectivity index (χ2v) is 6.64. The number of benzene rings is 1. The highest BCUT2D eigenvalue weighted by molar-refractivity contribution is 7.17. The predicted molar refractivity (Wildman–Crippen MR) is 87.4 cm³/mol. The van der Waals surface area contributed by atoms with Crippen molar-refractivity contribution in [2.75, 3.05) is 19.0 Å². The largest absolute Gasteiger partial charge is 0.477 e. The van der Waals surface area contributed by atoms with Crippen LogP contribution in [0.2, 0.25) is 0 Å². The summed E-state index contributed by atoms with van der Waals surface area (Å²) in [6, 6.07) is 8.00. The van der Waals surface area contributed by atoms with Gasteiger partial charge >= 0.3 is 5.97 Å². The zero-order chi connectivity index (χ0) is 15.6. The van der Waals surface area contributed by atoms with Gasteiger partial charge in [0, 0.05) is 25.3 Å². The summed E-state index contributed by atoms with van der Waals surface area (Å²) in [5.41, 5.74) is 2.76. The molecule has 0 spiro atoms. The van der Waals surface area contributed by atoms with Crippen LogP contribution in [0, 0.1) is 5.92 Å². The van der Waals surface area contributed by atoms with Crippen LogP contribution in [-0.4, -0.2) is 30.2 Å². The summed E-state index contributed by atoms with van der Waals surface area (Å²) in [6.45, 7) is 4.13. The third kappa shape index (κ3) is 3.61. The van der Waals surface area contributed by atoms with E-state index in [2.05, 4.69) is 18.8 Å². The van der Waals surface area contributed by atoms with Crippen molar-refractivity contribution in [1.82, 2.24) is 4.98 Å². The van der Waals surface area contributed by atoms with Crippen LogP contribution in [-0.2, 0) is 6.42 Å². The molecule has 112 valence electrons. The number of thiazole rings is 1. The fourth-order valence-electron chi connectivity index (χ4n) is 2.07. The van der Waals surface area contributed by atoms with E-state index < -0.39 is 5.97 Å². The summed E-state index contributed by atoms with van der Waals surface area (Å²) >= 11 is 1.25. The van der Waals surface area contributed by atoms with E-state index in [-0.39, 0.29) is 0 Å². The van der Waals surface area contributed by atoms with E-state index in [9.17, 15) is 9.90 Å². The van der Waals surface area contributed by atoms with Crippen LogP contribution in [0.4, 0.5) is 5.69 Å². The molecule has 0 aliphatic heterocycles. The Kier molecular flexibility index (Phi) is 4.63. The Morgan fingerprint density at radius 2 is 1.90 bits per heavy atom. The van der Waals surface area contributed by atoms with E-state index in [1.54, 1.807) is 0 Å². The highest BCUT2D eigenvalue weighted by Crippen LogP contribution is 2.30. The second-order valence-electron chi connectivity index (χ2n) is 5.64. The molecule has 0 radical (unpaired) electrons. The van der Waals surface area contributed by atoms with Crippen molar-refractivity contribution in [3.05, 3.63) is 34.8 Å². The predicted octanol–water partition coefficient (Wildman–Crippen LogP) is 3.77. The standard InChI is InChI=1S/C16H20N2O2S/c1-10(2)9-13-14(16(19)20)21-15(17-13)11-5-7-12(8-6-11)18(3)4/h5-8,10H,9H2,1-4H3,(H,19,20). The molecule has 0 bridgehead atoms. The maximum Gasteiger partial charge on any atom is 0.347 e. The lowest BCUT2D eigenvalue weighted by Crippen LogP contribution is -2.07. The third-order valence-corrected chi connectivity index (χ3v) is 4.26. The SMILES string of the molecule is CC(C)Cc1nc(-c2ccc(N(C)C)cc2)sc1C(=O)O.